The van der Waals surface area contributed by atoms with E-state index in [4.69, 9.17) is 4.42 Å². The number of furan rings is 1. The molecule has 3 heteroatoms. The minimum atomic E-state index is 0.879. The van der Waals surface area contributed by atoms with Crippen LogP contribution < -0.4 is 0 Å². The topological polar surface area (TPSA) is 28.7 Å². The molecule has 0 atom stereocenters. The van der Waals surface area contributed by atoms with Gasteiger partial charge in [-0.3, -0.25) is 0 Å². The van der Waals surface area contributed by atoms with Gasteiger partial charge in [-0.15, -0.1) is 0 Å². The summed E-state index contributed by atoms with van der Waals surface area (Å²) in [5.74, 6) is 0.879. The zero-order valence-electron chi connectivity index (χ0n) is 12.9. The molecule has 1 aromatic carbocycles. The van der Waals surface area contributed by atoms with E-state index in [1.54, 1.807) is 0 Å². The van der Waals surface area contributed by atoms with Crippen LogP contribution in [0.1, 0.15) is 28.0 Å². The van der Waals surface area contributed by atoms with Crippen LogP contribution in [0.5, 0.6) is 0 Å². The molecule has 0 saturated heterocycles. The van der Waals surface area contributed by atoms with Crippen LogP contribution in [0.4, 0.5) is 5.69 Å². The fraction of sp³-hybridized carbons (Fsp3) is 0.438. The van der Waals surface area contributed by atoms with E-state index in [1.165, 1.54) is 22.3 Å². The van der Waals surface area contributed by atoms with Crippen molar-refractivity contribution in [1.82, 2.24) is 4.90 Å². The lowest BCUT2D eigenvalue weighted by molar-refractivity contribution is 0.576. The standard InChI is InChI=1S/C16H22N2O/c1-9-10(2)12(4)16-14(11(9)3)15(13(5)19-16)17-8-18(6)7/h8H,1-7H3. The molecule has 0 amide bonds. The van der Waals surface area contributed by atoms with Crippen LogP contribution >= 0.6 is 0 Å². The van der Waals surface area contributed by atoms with Crippen LogP contribution in [0, 0.1) is 34.6 Å². The molecule has 1 heterocycles. The summed E-state index contributed by atoms with van der Waals surface area (Å²) in [6, 6.07) is 0. The Bertz CT molecular complexity index is 663. The number of hydrogen-bond donors (Lipinski definition) is 0. The molecule has 0 N–H and O–H groups in total. The maximum Gasteiger partial charge on any atom is 0.140 e. The molecule has 0 radical (unpaired) electrons. The molecule has 3 nitrogen and oxygen atoms in total. The summed E-state index contributed by atoms with van der Waals surface area (Å²) in [6.45, 7) is 10.6. The Morgan fingerprint density at radius 3 is 2.05 bits per heavy atom. The van der Waals surface area contributed by atoms with Gasteiger partial charge in [-0.05, 0) is 56.9 Å². The second-order valence-corrected chi connectivity index (χ2v) is 5.42. The number of benzene rings is 1. The van der Waals surface area contributed by atoms with Gasteiger partial charge in [0.2, 0.25) is 0 Å². The third-order valence-electron chi connectivity index (χ3n) is 3.87. The number of aliphatic imine (C=N–C) groups is 1. The molecule has 102 valence electrons. The highest BCUT2D eigenvalue weighted by Gasteiger charge is 2.18. The highest BCUT2D eigenvalue weighted by molar-refractivity contribution is 5.97. The molecule has 0 aliphatic heterocycles. The number of nitrogens with zero attached hydrogens (tertiary/aromatic N) is 2. The number of fused-ring (bicyclic) bond motifs is 1. The van der Waals surface area contributed by atoms with E-state index < -0.39 is 0 Å². The zero-order valence-corrected chi connectivity index (χ0v) is 12.9. The summed E-state index contributed by atoms with van der Waals surface area (Å²) in [5.41, 5.74) is 7.04. The van der Waals surface area contributed by atoms with Crippen molar-refractivity contribution in [2.75, 3.05) is 14.1 Å². The Hall–Kier alpha value is -1.77. The van der Waals surface area contributed by atoms with Crippen molar-refractivity contribution in [1.29, 1.82) is 0 Å². The normalized spacial score (nSPS) is 11.7. The van der Waals surface area contributed by atoms with Gasteiger partial charge in [0, 0.05) is 19.5 Å². The third-order valence-corrected chi connectivity index (χ3v) is 3.87. The molecular weight excluding hydrogens is 236 g/mol. The maximum absolute atomic E-state index is 5.95. The van der Waals surface area contributed by atoms with Crippen molar-refractivity contribution >= 4 is 23.0 Å². The van der Waals surface area contributed by atoms with Gasteiger partial charge in [0.1, 0.15) is 17.0 Å². The monoisotopic (exact) mass is 258 g/mol. The Balaban J connectivity index is 2.83. The van der Waals surface area contributed by atoms with Gasteiger partial charge in [-0.2, -0.15) is 0 Å². The predicted octanol–water partition coefficient (Wildman–Crippen LogP) is 4.20. The second-order valence-electron chi connectivity index (χ2n) is 5.42. The highest BCUT2D eigenvalue weighted by Crippen LogP contribution is 2.39. The van der Waals surface area contributed by atoms with Gasteiger partial charge >= 0.3 is 0 Å². The van der Waals surface area contributed by atoms with Crippen LogP contribution in [0.25, 0.3) is 11.0 Å². The van der Waals surface area contributed by atoms with Gasteiger partial charge in [-0.1, -0.05) is 0 Å². The molecule has 0 spiro atoms. The SMILES string of the molecule is Cc1oc2c(C)c(C)c(C)c(C)c2c1N=CN(C)C. The smallest absolute Gasteiger partial charge is 0.140 e. The van der Waals surface area contributed by atoms with Gasteiger partial charge in [-0.25, -0.2) is 4.99 Å². The van der Waals surface area contributed by atoms with E-state index >= 15 is 0 Å². The van der Waals surface area contributed by atoms with Gasteiger partial charge in [0.05, 0.1) is 6.34 Å². The molecule has 0 bridgehead atoms. The average molecular weight is 258 g/mol. The molecule has 2 rings (SSSR count). The molecule has 0 aliphatic carbocycles. The maximum atomic E-state index is 5.95. The molecule has 0 aliphatic rings. The van der Waals surface area contributed by atoms with E-state index in [0.29, 0.717) is 0 Å². The number of hydrogen-bond acceptors (Lipinski definition) is 2. The van der Waals surface area contributed by atoms with E-state index in [2.05, 4.69) is 32.7 Å². The zero-order chi connectivity index (χ0) is 14.3. The Morgan fingerprint density at radius 1 is 0.895 bits per heavy atom. The van der Waals surface area contributed by atoms with Crippen LogP contribution in [0.15, 0.2) is 9.41 Å². The fourth-order valence-electron chi connectivity index (χ4n) is 2.40. The second kappa shape index (κ2) is 4.72. The van der Waals surface area contributed by atoms with Crippen molar-refractivity contribution in [3.05, 3.63) is 28.0 Å². The molecule has 19 heavy (non-hydrogen) atoms. The molecule has 1 aromatic heterocycles. The summed E-state index contributed by atoms with van der Waals surface area (Å²) < 4.78 is 5.95. The van der Waals surface area contributed by atoms with E-state index in [9.17, 15) is 0 Å². The van der Waals surface area contributed by atoms with Crippen LogP contribution in [-0.2, 0) is 0 Å². The Labute approximate surface area is 114 Å². The lowest BCUT2D eigenvalue weighted by atomic mass is 9.95. The average Bonchev–Trinajstić information content (AvgIpc) is 2.68. The largest absolute Gasteiger partial charge is 0.459 e. The first-order chi connectivity index (χ1) is 8.84. The van der Waals surface area contributed by atoms with Crippen LogP contribution in [-0.4, -0.2) is 25.3 Å². The van der Waals surface area contributed by atoms with Gasteiger partial charge in [0.25, 0.3) is 0 Å². The van der Waals surface area contributed by atoms with Crippen molar-refractivity contribution in [3.63, 3.8) is 0 Å². The van der Waals surface area contributed by atoms with Crippen molar-refractivity contribution in [2.45, 2.75) is 34.6 Å². The van der Waals surface area contributed by atoms with Crippen LogP contribution in [0.3, 0.4) is 0 Å². The number of rotatable bonds is 2. The van der Waals surface area contributed by atoms with Crippen LogP contribution in [0.2, 0.25) is 0 Å². The van der Waals surface area contributed by atoms with Gasteiger partial charge in [0.15, 0.2) is 0 Å². The van der Waals surface area contributed by atoms with E-state index in [0.717, 1.165) is 22.4 Å². The van der Waals surface area contributed by atoms with Crippen molar-refractivity contribution < 1.29 is 4.42 Å². The number of aryl methyl sites for hydroxylation is 3. The van der Waals surface area contributed by atoms with Gasteiger partial charge < -0.3 is 9.32 Å². The Morgan fingerprint density at radius 2 is 1.47 bits per heavy atom. The fourth-order valence-corrected chi connectivity index (χ4v) is 2.40. The Kier molecular flexibility index (Phi) is 3.40. The predicted molar refractivity (Wildman–Crippen MR) is 81.7 cm³/mol. The summed E-state index contributed by atoms with van der Waals surface area (Å²) in [5, 5.41) is 1.15. The first-order valence-corrected chi connectivity index (χ1v) is 6.54. The molecule has 2 aromatic rings. The summed E-state index contributed by atoms with van der Waals surface area (Å²) in [4.78, 5) is 6.51. The quantitative estimate of drug-likeness (QED) is 0.596. The molecule has 0 fully saturated rings. The molecular formula is C16H22N2O. The highest BCUT2D eigenvalue weighted by atomic mass is 16.3. The summed E-state index contributed by atoms with van der Waals surface area (Å²) >= 11 is 0. The van der Waals surface area contributed by atoms with Crippen molar-refractivity contribution in [3.8, 4) is 0 Å². The van der Waals surface area contributed by atoms with E-state index in [-0.39, 0.29) is 0 Å². The lowest BCUT2D eigenvalue weighted by Gasteiger charge is -2.10. The first-order valence-electron chi connectivity index (χ1n) is 6.54. The minimum Gasteiger partial charge on any atom is -0.459 e. The van der Waals surface area contributed by atoms with E-state index in [1.807, 2.05) is 32.3 Å². The third kappa shape index (κ3) is 2.14. The molecule has 0 unspecified atom stereocenters. The van der Waals surface area contributed by atoms with Crippen molar-refractivity contribution in [2.24, 2.45) is 4.99 Å². The first kappa shape index (κ1) is 13.7. The summed E-state index contributed by atoms with van der Waals surface area (Å²) in [7, 11) is 3.93. The minimum absolute atomic E-state index is 0.879. The summed E-state index contributed by atoms with van der Waals surface area (Å²) in [6.07, 6.45) is 1.82. The lowest BCUT2D eigenvalue weighted by Crippen LogP contribution is -2.07. The molecule has 0 saturated carbocycles.